The molecule has 0 saturated heterocycles. The average molecular weight is 284 g/mol. The molecule has 0 aromatic carbocycles. The number of nitrogens with one attached hydrogen (secondary N) is 1. The summed E-state index contributed by atoms with van der Waals surface area (Å²) in [5.74, 6) is 1.16. The molecule has 6 nitrogen and oxygen atoms in total. The zero-order chi connectivity index (χ0) is 15.2. The van der Waals surface area contributed by atoms with Gasteiger partial charge in [0.25, 0.3) is 0 Å². The summed E-state index contributed by atoms with van der Waals surface area (Å²) < 4.78 is 2.02. The van der Waals surface area contributed by atoms with Gasteiger partial charge in [0.05, 0.1) is 23.8 Å². The minimum atomic E-state index is 0.425. The maximum Gasteiger partial charge on any atom is 0.151 e. The molecule has 110 valence electrons. The molecule has 0 bridgehead atoms. The van der Waals surface area contributed by atoms with Crippen LogP contribution in [0.2, 0.25) is 0 Å². The van der Waals surface area contributed by atoms with Crippen molar-refractivity contribution in [2.45, 2.75) is 40.2 Å². The predicted molar refractivity (Wildman–Crippen MR) is 81.1 cm³/mol. The fourth-order valence-electron chi connectivity index (χ4n) is 2.10. The summed E-state index contributed by atoms with van der Waals surface area (Å²) in [5, 5.41) is 16.7. The van der Waals surface area contributed by atoms with Crippen LogP contribution < -0.4 is 5.32 Å². The summed E-state index contributed by atoms with van der Waals surface area (Å²) in [6.07, 6.45) is 6.68. The number of rotatable bonds is 6. The molecule has 0 unspecified atom stereocenters. The van der Waals surface area contributed by atoms with Gasteiger partial charge in [0.2, 0.25) is 0 Å². The molecule has 2 aromatic heterocycles. The number of aromatic nitrogens is 4. The first-order valence-electron chi connectivity index (χ1n) is 7.17. The van der Waals surface area contributed by atoms with Crippen LogP contribution in [0.4, 0.5) is 11.5 Å². The maximum atomic E-state index is 9.08. The van der Waals surface area contributed by atoms with E-state index in [9.17, 15) is 0 Å². The molecule has 2 heterocycles. The molecular weight excluding hydrogens is 264 g/mol. The SMILES string of the molecule is CCc1c(Nc2ncncc2C#N)cnn1CCC(C)C. The van der Waals surface area contributed by atoms with Crippen LogP contribution in [0.3, 0.4) is 0 Å². The molecule has 0 spiro atoms. The molecule has 0 aliphatic carbocycles. The lowest BCUT2D eigenvalue weighted by molar-refractivity contribution is 0.477. The van der Waals surface area contributed by atoms with E-state index in [2.05, 4.69) is 47.2 Å². The second kappa shape index (κ2) is 6.84. The number of anilines is 2. The monoisotopic (exact) mass is 284 g/mol. The lowest BCUT2D eigenvalue weighted by Crippen LogP contribution is -2.08. The summed E-state index contributed by atoms with van der Waals surface area (Å²) in [6.45, 7) is 7.40. The van der Waals surface area contributed by atoms with Crippen molar-refractivity contribution in [3.05, 3.63) is 30.0 Å². The first kappa shape index (κ1) is 15.0. The van der Waals surface area contributed by atoms with Crippen molar-refractivity contribution in [1.29, 1.82) is 5.26 Å². The Kier molecular flexibility index (Phi) is 4.88. The van der Waals surface area contributed by atoms with E-state index in [1.165, 1.54) is 12.5 Å². The van der Waals surface area contributed by atoms with Crippen LogP contribution in [0, 0.1) is 17.2 Å². The highest BCUT2D eigenvalue weighted by Crippen LogP contribution is 2.22. The van der Waals surface area contributed by atoms with E-state index >= 15 is 0 Å². The second-order valence-corrected chi connectivity index (χ2v) is 5.29. The molecule has 0 saturated carbocycles. The molecule has 6 heteroatoms. The molecule has 1 N–H and O–H groups in total. The largest absolute Gasteiger partial charge is 0.336 e. The Hall–Kier alpha value is -2.42. The number of hydrogen-bond donors (Lipinski definition) is 1. The minimum Gasteiger partial charge on any atom is -0.336 e. The Morgan fingerprint density at radius 1 is 1.38 bits per heavy atom. The fourth-order valence-corrected chi connectivity index (χ4v) is 2.10. The molecule has 0 fully saturated rings. The van der Waals surface area contributed by atoms with Gasteiger partial charge in [0.1, 0.15) is 18.0 Å². The van der Waals surface area contributed by atoms with Crippen molar-refractivity contribution in [2.24, 2.45) is 5.92 Å². The smallest absolute Gasteiger partial charge is 0.151 e. The van der Waals surface area contributed by atoms with Crippen LogP contribution in [-0.4, -0.2) is 19.7 Å². The Morgan fingerprint density at radius 2 is 2.19 bits per heavy atom. The van der Waals surface area contributed by atoms with Gasteiger partial charge >= 0.3 is 0 Å². The quantitative estimate of drug-likeness (QED) is 0.882. The molecule has 21 heavy (non-hydrogen) atoms. The van der Waals surface area contributed by atoms with Gasteiger partial charge in [-0.2, -0.15) is 10.4 Å². The number of nitrogens with zero attached hydrogens (tertiary/aromatic N) is 5. The van der Waals surface area contributed by atoms with E-state index < -0.39 is 0 Å². The van der Waals surface area contributed by atoms with E-state index in [4.69, 9.17) is 5.26 Å². The van der Waals surface area contributed by atoms with Crippen LogP contribution >= 0.6 is 0 Å². The summed E-state index contributed by atoms with van der Waals surface area (Å²) in [4.78, 5) is 7.98. The number of nitriles is 1. The molecule has 0 aliphatic rings. The zero-order valence-electron chi connectivity index (χ0n) is 12.7. The van der Waals surface area contributed by atoms with Gasteiger partial charge in [0.15, 0.2) is 5.82 Å². The van der Waals surface area contributed by atoms with Gasteiger partial charge in [-0.1, -0.05) is 20.8 Å². The van der Waals surface area contributed by atoms with Gasteiger partial charge in [-0.3, -0.25) is 4.68 Å². The zero-order valence-corrected chi connectivity index (χ0v) is 12.7. The van der Waals surface area contributed by atoms with E-state index in [-0.39, 0.29) is 0 Å². The lowest BCUT2D eigenvalue weighted by Gasteiger charge is -2.10. The van der Waals surface area contributed by atoms with Gasteiger partial charge < -0.3 is 5.32 Å². The van der Waals surface area contributed by atoms with Crippen molar-refractivity contribution in [1.82, 2.24) is 19.7 Å². The highest BCUT2D eigenvalue weighted by atomic mass is 15.3. The van der Waals surface area contributed by atoms with E-state index in [1.54, 1.807) is 6.20 Å². The highest BCUT2D eigenvalue weighted by molar-refractivity contribution is 5.63. The van der Waals surface area contributed by atoms with Gasteiger partial charge in [-0.15, -0.1) is 0 Å². The normalized spacial score (nSPS) is 10.6. The number of hydrogen-bond acceptors (Lipinski definition) is 5. The molecule has 2 aromatic rings. The van der Waals surface area contributed by atoms with Crippen LogP contribution in [0.1, 0.15) is 38.4 Å². The van der Waals surface area contributed by atoms with Gasteiger partial charge in [-0.25, -0.2) is 9.97 Å². The van der Waals surface area contributed by atoms with Gasteiger partial charge in [-0.05, 0) is 18.8 Å². The molecule has 0 atom stereocenters. The van der Waals surface area contributed by atoms with Crippen LogP contribution in [0.5, 0.6) is 0 Å². The first-order valence-corrected chi connectivity index (χ1v) is 7.17. The average Bonchev–Trinajstić information content (AvgIpc) is 2.87. The van der Waals surface area contributed by atoms with E-state index in [0.717, 1.165) is 30.8 Å². The van der Waals surface area contributed by atoms with Crippen molar-refractivity contribution in [3.63, 3.8) is 0 Å². The van der Waals surface area contributed by atoms with Crippen LogP contribution in [0.15, 0.2) is 18.7 Å². The topological polar surface area (TPSA) is 79.4 Å². The lowest BCUT2D eigenvalue weighted by atomic mass is 10.1. The summed E-state index contributed by atoms with van der Waals surface area (Å²) in [5.41, 5.74) is 2.45. The summed E-state index contributed by atoms with van der Waals surface area (Å²) >= 11 is 0. The second-order valence-electron chi connectivity index (χ2n) is 5.29. The summed E-state index contributed by atoms with van der Waals surface area (Å²) in [7, 11) is 0. The van der Waals surface area contributed by atoms with E-state index in [0.29, 0.717) is 17.3 Å². The van der Waals surface area contributed by atoms with Crippen molar-refractivity contribution < 1.29 is 0 Å². The number of aryl methyl sites for hydroxylation is 1. The minimum absolute atomic E-state index is 0.425. The summed E-state index contributed by atoms with van der Waals surface area (Å²) in [6, 6.07) is 2.09. The Morgan fingerprint density at radius 3 is 2.86 bits per heavy atom. The van der Waals surface area contributed by atoms with Crippen LogP contribution in [-0.2, 0) is 13.0 Å². The fraction of sp³-hybridized carbons (Fsp3) is 0.467. The third kappa shape index (κ3) is 3.57. The van der Waals surface area contributed by atoms with Crippen molar-refractivity contribution in [2.75, 3.05) is 5.32 Å². The van der Waals surface area contributed by atoms with Crippen LogP contribution in [0.25, 0.3) is 0 Å². The molecule has 0 aliphatic heterocycles. The van der Waals surface area contributed by atoms with Crippen molar-refractivity contribution in [3.8, 4) is 6.07 Å². The van der Waals surface area contributed by atoms with E-state index in [1.807, 2.05) is 4.68 Å². The Balaban J connectivity index is 2.23. The predicted octanol–water partition coefficient (Wildman–Crippen LogP) is 2.90. The Labute approximate surface area is 124 Å². The molecule has 0 radical (unpaired) electrons. The molecule has 0 amide bonds. The maximum absolute atomic E-state index is 9.08. The highest BCUT2D eigenvalue weighted by Gasteiger charge is 2.12. The van der Waals surface area contributed by atoms with Crippen molar-refractivity contribution >= 4 is 11.5 Å². The Bertz CT molecular complexity index is 638. The molecular formula is C15H20N6. The third-order valence-corrected chi connectivity index (χ3v) is 3.29. The first-order chi connectivity index (χ1) is 10.2. The standard InChI is InChI=1S/C15H20N6/c1-4-14-13(9-19-21(14)6-5-11(2)3)20-15-12(7-16)8-17-10-18-15/h8-11H,4-6H2,1-3H3,(H,17,18,20). The third-order valence-electron chi connectivity index (χ3n) is 3.29. The molecule has 2 rings (SSSR count). The van der Waals surface area contributed by atoms with Gasteiger partial charge in [0, 0.05) is 6.54 Å².